The molecular weight excluding hydrogens is 474 g/mol. The van der Waals surface area contributed by atoms with Crippen LogP contribution in [0.25, 0.3) is 0 Å². The van der Waals surface area contributed by atoms with E-state index in [0.29, 0.717) is 12.3 Å². The lowest BCUT2D eigenvalue weighted by atomic mass is 10.1. The van der Waals surface area contributed by atoms with E-state index in [1.54, 1.807) is 18.5 Å². The Morgan fingerprint density at radius 2 is 2.21 bits per heavy atom. The van der Waals surface area contributed by atoms with E-state index in [0.717, 1.165) is 13.0 Å². The van der Waals surface area contributed by atoms with Gasteiger partial charge < -0.3 is 14.4 Å². The van der Waals surface area contributed by atoms with Crippen LogP contribution in [0.5, 0.6) is 5.75 Å². The second-order valence-electron chi connectivity index (χ2n) is 3.79. The molecule has 19 heavy (non-hydrogen) atoms. The highest BCUT2D eigenvalue weighted by molar-refractivity contribution is 14.1. The Balaban J connectivity index is 2.34. The summed E-state index contributed by atoms with van der Waals surface area (Å²) in [5.41, 5.74) is 1.06. The van der Waals surface area contributed by atoms with Crippen molar-refractivity contribution < 1.29 is 14.6 Å². The molecule has 0 saturated carbocycles. The maximum Gasteiger partial charge on any atom is 0.339 e. The van der Waals surface area contributed by atoms with Crippen LogP contribution in [0.2, 0.25) is 0 Å². The fourth-order valence-corrected chi connectivity index (χ4v) is 2.54. The fourth-order valence-electron chi connectivity index (χ4n) is 1.67. The first-order chi connectivity index (χ1) is 9.02. The number of imidazole rings is 1. The predicted molar refractivity (Wildman–Crippen MR) is 86.7 cm³/mol. The Kier molecular flexibility index (Phi) is 4.66. The van der Waals surface area contributed by atoms with E-state index in [1.807, 2.05) is 10.6 Å². The first-order valence-corrected chi connectivity index (χ1v) is 7.45. The van der Waals surface area contributed by atoms with Crippen molar-refractivity contribution in [2.75, 3.05) is 7.11 Å². The largest absolute Gasteiger partial charge is 0.496 e. The Bertz CT molecular complexity index is 625. The van der Waals surface area contributed by atoms with Crippen LogP contribution < -0.4 is 4.74 Å². The third kappa shape index (κ3) is 3.19. The lowest BCUT2D eigenvalue weighted by Gasteiger charge is -2.09. The van der Waals surface area contributed by atoms with E-state index in [9.17, 15) is 4.79 Å². The zero-order valence-electron chi connectivity index (χ0n) is 9.93. The summed E-state index contributed by atoms with van der Waals surface area (Å²) in [6, 6.07) is 5.16. The summed E-state index contributed by atoms with van der Waals surface area (Å²) in [5.74, 6) is -0.625. The van der Waals surface area contributed by atoms with Gasteiger partial charge in [-0.2, -0.15) is 0 Å². The molecule has 1 heterocycles. The zero-order chi connectivity index (χ0) is 14.0. The van der Waals surface area contributed by atoms with E-state index >= 15 is 0 Å². The molecule has 1 aromatic carbocycles. The summed E-state index contributed by atoms with van der Waals surface area (Å²) in [6.45, 7) is 0.582. The van der Waals surface area contributed by atoms with Crippen LogP contribution in [0.3, 0.4) is 0 Å². The molecule has 7 heteroatoms. The predicted octanol–water partition coefficient (Wildman–Crippen LogP) is 2.85. The number of hydrogen-bond acceptors (Lipinski definition) is 3. The number of benzene rings is 1. The molecule has 100 valence electrons. The molecular formula is C12H10I2N2O3. The van der Waals surface area contributed by atoms with Gasteiger partial charge in [0.1, 0.15) is 18.7 Å². The van der Waals surface area contributed by atoms with Gasteiger partial charge in [-0.1, -0.05) is 6.07 Å². The minimum Gasteiger partial charge on any atom is -0.496 e. The number of halogens is 2. The summed E-state index contributed by atoms with van der Waals surface area (Å²) < 4.78 is 8.97. The Hall–Kier alpha value is -0.840. The molecule has 5 nitrogen and oxygen atoms in total. The number of rotatable bonds is 4. The number of carbonyl (C=O) groups is 1. The average Bonchev–Trinajstić information content (AvgIpc) is 2.70. The molecule has 0 fully saturated rings. The van der Waals surface area contributed by atoms with Gasteiger partial charge in [-0.25, -0.2) is 9.78 Å². The molecule has 0 spiro atoms. The highest BCUT2D eigenvalue weighted by atomic mass is 127. The van der Waals surface area contributed by atoms with Crippen LogP contribution in [-0.4, -0.2) is 27.7 Å². The minimum atomic E-state index is -0.992. The van der Waals surface area contributed by atoms with E-state index < -0.39 is 5.97 Å². The molecule has 0 unspecified atom stereocenters. The number of nitrogens with zero attached hydrogens (tertiary/aromatic N) is 2. The zero-order valence-corrected chi connectivity index (χ0v) is 14.2. The van der Waals surface area contributed by atoms with Crippen LogP contribution in [0.4, 0.5) is 0 Å². The lowest BCUT2D eigenvalue weighted by molar-refractivity contribution is 0.0693. The number of hydrogen-bond donors (Lipinski definition) is 1. The summed E-state index contributed by atoms with van der Waals surface area (Å²) >= 11 is 4.38. The van der Waals surface area contributed by atoms with Gasteiger partial charge in [-0.05, 0) is 62.9 Å². The fraction of sp³-hybridized carbons (Fsp3) is 0.167. The molecule has 1 aromatic heterocycles. The van der Waals surface area contributed by atoms with Crippen LogP contribution in [0.15, 0.2) is 24.5 Å². The second-order valence-corrected chi connectivity index (χ2v) is 5.84. The van der Waals surface area contributed by atoms with Crippen LogP contribution >= 0.6 is 45.2 Å². The van der Waals surface area contributed by atoms with Gasteiger partial charge >= 0.3 is 5.97 Å². The van der Waals surface area contributed by atoms with E-state index in [4.69, 9.17) is 9.84 Å². The van der Waals surface area contributed by atoms with E-state index in [-0.39, 0.29) is 5.56 Å². The van der Waals surface area contributed by atoms with Crippen LogP contribution in [0, 0.1) is 7.40 Å². The second kappa shape index (κ2) is 6.07. The Morgan fingerprint density at radius 1 is 1.47 bits per heavy atom. The summed E-state index contributed by atoms with van der Waals surface area (Å²) in [5, 5.41) is 9.14. The summed E-state index contributed by atoms with van der Waals surface area (Å²) in [7, 11) is 1.46. The molecule has 0 aliphatic heterocycles. The van der Waals surface area contributed by atoms with E-state index in [1.165, 1.54) is 7.11 Å². The first-order valence-electron chi connectivity index (χ1n) is 5.29. The third-order valence-electron chi connectivity index (χ3n) is 2.58. The number of aromatic nitrogens is 2. The maximum atomic E-state index is 11.2. The van der Waals surface area contributed by atoms with Crippen molar-refractivity contribution >= 4 is 51.2 Å². The smallest absolute Gasteiger partial charge is 0.339 e. The van der Waals surface area contributed by atoms with Crippen molar-refractivity contribution in [1.29, 1.82) is 0 Å². The van der Waals surface area contributed by atoms with Gasteiger partial charge in [0, 0.05) is 6.54 Å². The van der Waals surface area contributed by atoms with Gasteiger partial charge in [-0.3, -0.25) is 0 Å². The standard InChI is InChI=1S/C12H10I2N2O3/c1-19-9-3-2-7(4-8(9)12(17)18)5-16-6-15-10(13)11(16)14/h2-4,6H,5H2,1H3,(H,17,18). The van der Waals surface area contributed by atoms with Crippen LogP contribution in [0.1, 0.15) is 15.9 Å². The van der Waals surface area contributed by atoms with Crippen molar-refractivity contribution in [3.63, 3.8) is 0 Å². The number of methoxy groups -OCH3 is 1. The number of aromatic carboxylic acids is 1. The van der Waals surface area contributed by atoms with Gasteiger partial charge in [0.05, 0.1) is 13.4 Å². The lowest BCUT2D eigenvalue weighted by Crippen LogP contribution is -2.05. The maximum absolute atomic E-state index is 11.2. The van der Waals surface area contributed by atoms with E-state index in [2.05, 4.69) is 50.2 Å². The minimum absolute atomic E-state index is 0.171. The first kappa shape index (κ1) is 14.6. The van der Waals surface area contributed by atoms with Crippen LogP contribution in [-0.2, 0) is 6.54 Å². The van der Waals surface area contributed by atoms with Gasteiger partial charge in [0.15, 0.2) is 0 Å². The molecule has 0 aliphatic rings. The van der Waals surface area contributed by atoms with Gasteiger partial charge in [0.2, 0.25) is 0 Å². The molecule has 0 bridgehead atoms. The monoisotopic (exact) mass is 484 g/mol. The topological polar surface area (TPSA) is 64.4 Å². The quantitative estimate of drug-likeness (QED) is 0.679. The molecule has 2 rings (SSSR count). The Morgan fingerprint density at radius 3 is 2.74 bits per heavy atom. The third-order valence-corrected chi connectivity index (χ3v) is 5.53. The van der Waals surface area contributed by atoms with Crippen molar-refractivity contribution in [1.82, 2.24) is 9.55 Å². The highest BCUT2D eigenvalue weighted by Gasteiger charge is 2.12. The average molecular weight is 484 g/mol. The van der Waals surface area contributed by atoms with Crippen molar-refractivity contribution in [2.24, 2.45) is 0 Å². The number of carboxylic acid groups (broad SMARTS) is 1. The molecule has 1 N–H and O–H groups in total. The number of carboxylic acids is 1. The summed E-state index contributed by atoms with van der Waals surface area (Å²) in [6.07, 6.45) is 1.74. The molecule has 0 atom stereocenters. The molecule has 0 aliphatic carbocycles. The number of ether oxygens (including phenoxy) is 1. The molecule has 0 radical (unpaired) electrons. The summed E-state index contributed by atoms with van der Waals surface area (Å²) in [4.78, 5) is 15.4. The van der Waals surface area contributed by atoms with Gasteiger partial charge in [-0.15, -0.1) is 0 Å². The Labute approximate surface area is 137 Å². The molecule has 2 aromatic rings. The van der Waals surface area contributed by atoms with Crippen molar-refractivity contribution in [2.45, 2.75) is 6.54 Å². The SMILES string of the molecule is COc1ccc(Cn2cnc(I)c2I)cc1C(=O)O. The van der Waals surface area contributed by atoms with Gasteiger partial charge in [0.25, 0.3) is 0 Å². The van der Waals surface area contributed by atoms with Crippen molar-refractivity contribution in [3.05, 3.63) is 43.1 Å². The highest BCUT2D eigenvalue weighted by Crippen LogP contribution is 2.21. The molecule has 0 amide bonds. The molecule has 0 saturated heterocycles. The normalized spacial score (nSPS) is 10.5. The van der Waals surface area contributed by atoms with Crippen molar-refractivity contribution in [3.8, 4) is 5.75 Å².